The highest BCUT2D eigenvalue weighted by molar-refractivity contribution is 6.39. The molecule has 0 bridgehead atoms. The third kappa shape index (κ3) is 4.29. The standard InChI is InChI=1S/C30H23FN2O3/c1-18-13-19(2)15-20(14-18)16-22-12-11-21-7-3-4-8-23(21)24(22)17-25-28(34)32-30(36)33(29(25)35)27-10-6-5-9-26(27)31/h3-15,17H,16H2,1-2H3,(H,32,34,36)/b25-17-. The van der Waals surface area contributed by atoms with Crippen LogP contribution in [0.2, 0.25) is 0 Å². The highest BCUT2D eigenvalue weighted by Gasteiger charge is 2.38. The molecule has 0 radical (unpaired) electrons. The molecule has 4 aromatic rings. The summed E-state index contributed by atoms with van der Waals surface area (Å²) in [6, 6.07) is 22.5. The predicted molar refractivity (Wildman–Crippen MR) is 138 cm³/mol. The maximum Gasteiger partial charge on any atom is 0.336 e. The smallest absolute Gasteiger partial charge is 0.273 e. The van der Waals surface area contributed by atoms with Crippen LogP contribution >= 0.6 is 0 Å². The normalized spacial score (nSPS) is 15.0. The molecule has 1 aliphatic heterocycles. The Morgan fingerprint density at radius 2 is 1.56 bits per heavy atom. The number of para-hydroxylation sites is 1. The van der Waals surface area contributed by atoms with E-state index in [4.69, 9.17) is 0 Å². The number of nitrogens with one attached hydrogen (secondary N) is 1. The molecule has 1 heterocycles. The van der Waals surface area contributed by atoms with Gasteiger partial charge in [0.2, 0.25) is 0 Å². The lowest BCUT2D eigenvalue weighted by Crippen LogP contribution is -2.54. The summed E-state index contributed by atoms with van der Waals surface area (Å²) in [4.78, 5) is 39.4. The van der Waals surface area contributed by atoms with Crippen molar-refractivity contribution >= 4 is 40.4 Å². The fourth-order valence-corrected chi connectivity index (χ4v) is 4.71. The molecule has 6 heteroatoms. The third-order valence-electron chi connectivity index (χ3n) is 6.22. The van der Waals surface area contributed by atoms with Crippen LogP contribution in [0.25, 0.3) is 16.8 Å². The van der Waals surface area contributed by atoms with Gasteiger partial charge in [0.25, 0.3) is 11.8 Å². The van der Waals surface area contributed by atoms with Crippen LogP contribution < -0.4 is 10.2 Å². The summed E-state index contributed by atoms with van der Waals surface area (Å²) in [6.45, 7) is 4.08. The van der Waals surface area contributed by atoms with Crippen LogP contribution in [0.5, 0.6) is 0 Å². The first-order chi connectivity index (χ1) is 17.3. The van der Waals surface area contributed by atoms with E-state index in [0.29, 0.717) is 16.9 Å². The molecule has 4 amide bonds. The molecule has 1 fully saturated rings. The summed E-state index contributed by atoms with van der Waals surface area (Å²) < 4.78 is 14.5. The minimum absolute atomic E-state index is 0.216. The summed E-state index contributed by atoms with van der Waals surface area (Å²) in [5.41, 5.74) is 4.56. The number of imide groups is 2. The molecule has 5 rings (SSSR count). The van der Waals surface area contributed by atoms with Crippen LogP contribution in [0, 0.1) is 19.7 Å². The van der Waals surface area contributed by atoms with Gasteiger partial charge >= 0.3 is 6.03 Å². The summed E-state index contributed by atoms with van der Waals surface area (Å²) in [6.07, 6.45) is 2.09. The first kappa shape index (κ1) is 23.2. The van der Waals surface area contributed by atoms with E-state index in [1.807, 2.05) is 50.2 Å². The van der Waals surface area contributed by atoms with E-state index in [1.165, 1.54) is 24.3 Å². The van der Waals surface area contributed by atoms with Crippen LogP contribution in [0.15, 0.2) is 84.4 Å². The van der Waals surface area contributed by atoms with Gasteiger partial charge in [0.1, 0.15) is 11.4 Å². The average molecular weight is 479 g/mol. The Labute approximate surface area is 207 Å². The van der Waals surface area contributed by atoms with Crippen LogP contribution in [0.1, 0.15) is 27.8 Å². The van der Waals surface area contributed by atoms with Gasteiger partial charge in [0.15, 0.2) is 0 Å². The molecule has 5 nitrogen and oxygen atoms in total. The summed E-state index contributed by atoms with van der Waals surface area (Å²) >= 11 is 0. The van der Waals surface area contributed by atoms with E-state index in [-0.39, 0.29) is 11.3 Å². The molecule has 0 spiro atoms. The van der Waals surface area contributed by atoms with Crippen molar-refractivity contribution in [1.29, 1.82) is 0 Å². The van der Waals surface area contributed by atoms with E-state index in [1.54, 1.807) is 0 Å². The quantitative estimate of drug-likeness (QED) is 0.295. The predicted octanol–water partition coefficient (Wildman–Crippen LogP) is 5.85. The van der Waals surface area contributed by atoms with Crippen molar-refractivity contribution in [3.63, 3.8) is 0 Å². The van der Waals surface area contributed by atoms with Gasteiger partial charge in [-0.1, -0.05) is 77.9 Å². The molecule has 0 saturated carbocycles. The lowest BCUT2D eigenvalue weighted by Gasteiger charge is -2.26. The topological polar surface area (TPSA) is 66.5 Å². The van der Waals surface area contributed by atoms with Gasteiger partial charge in [-0.15, -0.1) is 0 Å². The largest absolute Gasteiger partial charge is 0.336 e. The number of hydrogen-bond donors (Lipinski definition) is 1. The van der Waals surface area contributed by atoms with Gasteiger partial charge in [-0.25, -0.2) is 14.1 Å². The number of urea groups is 1. The lowest BCUT2D eigenvalue weighted by molar-refractivity contribution is -0.122. The average Bonchev–Trinajstić information content (AvgIpc) is 2.83. The van der Waals surface area contributed by atoms with E-state index in [2.05, 4.69) is 23.5 Å². The first-order valence-electron chi connectivity index (χ1n) is 11.6. The van der Waals surface area contributed by atoms with E-state index in [0.717, 1.165) is 39.1 Å². The molecule has 0 aromatic heterocycles. The fraction of sp³-hybridized carbons (Fsp3) is 0.100. The molecule has 178 valence electrons. The molecule has 1 saturated heterocycles. The maximum atomic E-state index is 14.5. The van der Waals surface area contributed by atoms with E-state index < -0.39 is 23.7 Å². The van der Waals surface area contributed by atoms with Crippen molar-refractivity contribution in [3.8, 4) is 0 Å². The van der Waals surface area contributed by atoms with E-state index >= 15 is 0 Å². The Balaban J connectivity index is 1.66. The molecular formula is C30H23FN2O3. The monoisotopic (exact) mass is 478 g/mol. The SMILES string of the molecule is Cc1cc(C)cc(Cc2ccc3ccccc3c2/C=C2/C(=O)NC(=O)N(c3ccccc3F)C2=O)c1. The van der Waals surface area contributed by atoms with Gasteiger partial charge in [-0.3, -0.25) is 14.9 Å². The molecule has 4 aromatic carbocycles. The second-order valence-electron chi connectivity index (χ2n) is 8.94. The van der Waals surface area contributed by atoms with Gasteiger partial charge in [0, 0.05) is 0 Å². The highest BCUT2D eigenvalue weighted by atomic mass is 19.1. The number of nitrogens with zero attached hydrogens (tertiary/aromatic N) is 1. The van der Waals surface area contributed by atoms with Crippen molar-refractivity contribution in [2.45, 2.75) is 20.3 Å². The molecule has 36 heavy (non-hydrogen) atoms. The Kier molecular flexibility index (Phi) is 5.94. The van der Waals surface area contributed by atoms with Gasteiger partial charge in [-0.2, -0.15) is 0 Å². The van der Waals surface area contributed by atoms with Crippen LogP contribution in [0.4, 0.5) is 14.9 Å². The number of hydrogen-bond acceptors (Lipinski definition) is 3. The zero-order chi connectivity index (χ0) is 25.4. The van der Waals surface area contributed by atoms with Crippen molar-refractivity contribution in [2.24, 2.45) is 0 Å². The number of amides is 4. The highest BCUT2D eigenvalue weighted by Crippen LogP contribution is 2.30. The van der Waals surface area contributed by atoms with E-state index in [9.17, 15) is 18.8 Å². The van der Waals surface area contributed by atoms with Crippen LogP contribution in [-0.4, -0.2) is 17.8 Å². The number of anilines is 1. The van der Waals surface area contributed by atoms with Crippen molar-refractivity contribution in [1.82, 2.24) is 5.32 Å². The summed E-state index contributed by atoms with van der Waals surface area (Å²) in [7, 11) is 0. The Hall–Kier alpha value is -4.58. The molecule has 1 N–H and O–H groups in total. The Morgan fingerprint density at radius 3 is 2.31 bits per heavy atom. The van der Waals surface area contributed by atoms with Crippen LogP contribution in [0.3, 0.4) is 0 Å². The molecule has 0 unspecified atom stereocenters. The minimum Gasteiger partial charge on any atom is -0.273 e. The van der Waals surface area contributed by atoms with Gasteiger partial charge in [-0.05, 0) is 65.9 Å². The number of halogens is 1. The molecule has 0 aliphatic carbocycles. The summed E-state index contributed by atoms with van der Waals surface area (Å²) in [5.74, 6) is -2.43. The zero-order valence-corrected chi connectivity index (χ0v) is 19.8. The second-order valence-corrected chi connectivity index (χ2v) is 8.94. The Morgan fingerprint density at radius 1 is 0.861 bits per heavy atom. The van der Waals surface area contributed by atoms with Crippen molar-refractivity contribution in [2.75, 3.05) is 4.90 Å². The van der Waals surface area contributed by atoms with Crippen molar-refractivity contribution in [3.05, 3.63) is 118 Å². The molecule has 1 aliphatic rings. The molecule has 0 atom stereocenters. The number of benzene rings is 4. The number of barbiturate groups is 1. The van der Waals surface area contributed by atoms with Crippen LogP contribution in [-0.2, 0) is 16.0 Å². The number of aryl methyl sites for hydroxylation is 2. The number of carbonyl (C=O) groups is 3. The maximum absolute atomic E-state index is 14.5. The zero-order valence-electron chi connectivity index (χ0n) is 19.8. The number of rotatable bonds is 4. The number of fused-ring (bicyclic) bond motifs is 1. The first-order valence-corrected chi connectivity index (χ1v) is 11.6. The summed E-state index contributed by atoms with van der Waals surface area (Å²) in [5, 5.41) is 3.99. The minimum atomic E-state index is -0.986. The van der Waals surface area contributed by atoms with Crippen molar-refractivity contribution < 1.29 is 18.8 Å². The lowest BCUT2D eigenvalue weighted by atomic mass is 9.91. The Bertz CT molecular complexity index is 1570. The fourth-order valence-electron chi connectivity index (χ4n) is 4.71. The third-order valence-corrected chi connectivity index (χ3v) is 6.22. The number of carbonyl (C=O) groups excluding carboxylic acids is 3. The van der Waals surface area contributed by atoms with Gasteiger partial charge in [0.05, 0.1) is 5.69 Å². The van der Waals surface area contributed by atoms with Gasteiger partial charge < -0.3 is 0 Å². The second kappa shape index (κ2) is 9.23. The molecular weight excluding hydrogens is 455 g/mol.